The van der Waals surface area contributed by atoms with Crippen molar-refractivity contribution in [3.05, 3.63) is 58.0 Å². The first-order chi connectivity index (χ1) is 11.2. The molecule has 2 aromatic rings. The maximum absolute atomic E-state index is 13.2. The summed E-state index contributed by atoms with van der Waals surface area (Å²) in [4.78, 5) is 15.6. The number of halogens is 3. The Labute approximate surface area is 163 Å². The zero-order valence-electron chi connectivity index (χ0n) is 13.6. The van der Waals surface area contributed by atoms with Gasteiger partial charge in [-0.15, -0.1) is 36.2 Å². The van der Waals surface area contributed by atoms with Crippen LogP contribution in [0.2, 0.25) is 0 Å². The zero-order chi connectivity index (χ0) is 16.1. The lowest BCUT2D eigenvalue weighted by Gasteiger charge is -2.27. The van der Waals surface area contributed by atoms with Crippen molar-refractivity contribution in [2.24, 2.45) is 0 Å². The molecule has 1 atom stereocenters. The topological polar surface area (TPSA) is 44.4 Å². The van der Waals surface area contributed by atoms with Crippen molar-refractivity contribution in [2.45, 2.75) is 6.04 Å². The van der Waals surface area contributed by atoms with Crippen LogP contribution in [0, 0.1) is 5.82 Å². The number of carbonyl (C=O) groups is 1. The SMILES string of the molecule is Cl.Cl.O=C(CN1CCNCC1)NC(c1ccc(F)cc1)c1cccs1. The molecule has 25 heavy (non-hydrogen) atoms. The van der Waals surface area contributed by atoms with Crippen LogP contribution < -0.4 is 10.6 Å². The monoisotopic (exact) mass is 405 g/mol. The maximum Gasteiger partial charge on any atom is 0.234 e. The van der Waals surface area contributed by atoms with Gasteiger partial charge < -0.3 is 10.6 Å². The largest absolute Gasteiger partial charge is 0.343 e. The van der Waals surface area contributed by atoms with Crippen LogP contribution in [0.4, 0.5) is 4.39 Å². The number of nitrogens with one attached hydrogen (secondary N) is 2. The molecule has 2 N–H and O–H groups in total. The smallest absolute Gasteiger partial charge is 0.234 e. The summed E-state index contributed by atoms with van der Waals surface area (Å²) in [6, 6.07) is 10.0. The van der Waals surface area contributed by atoms with Crippen molar-refractivity contribution in [1.29, 1.82) is 0 Å². The lowest BCUT2D eigenvalue weighted by atomic mass is 10.1. The molecule has 0 aliphatic carbocycles. The first-order valence-corrected chi connectivity index (χ1v) is 8.61. The van der Waals surface area contributed by atoms with Gasteiger partial charge >= 0.3 is 0 Å². The average Bonchev–Trinajstić information content (AvgIpc) is 3.09. The fourth-order valence-corrected chi connectivity index (χ4v) is 3.51. The van der Waals surface area contributed by atoms with Crippen LogP contribution in [0.15, 0.2) is 41.8 Å². The van der Waals surface area contributed by atoms with Gasteiger partial charge in [0.25, 0.3) is 0 Å². The normalized spacial score (nSPS) is 15.6. The molecule has 4 nitrogen and oxygen atoms in total. The Morgan fingerprint density at radius 3 is 2.48 bits per heavy atom. The Bertz CT molecular complexity index is 634. The van der Waals surface area contributed by atoms with Crippen molar-refractivity contribution in [2.75, 3.05) is 32.7 Å². The van der Waals surface area contributed by atoms with Gasteiger partial charge in [-0.25, -0.2) is 4.39 Å². The molecule has 1 saturated heterocycles. The predicted molar refractivity (Wildman–Crippen MR) is 105 cm³/mol. The molecule has 0 spiro atoms. The van der Waals surface area contributed by atoms with Crippen LogP contribution in [-0.2, 0) is 4.79 Å². The first kappa shape index (κ1) is 21.9. The maximum atomic E-state index is 13.2. The number of amides is 1. The number of hydrogen-bond donors (Lipinski definition) is 2. The number of thiophene rings is 1. The molecule has 1 amide bonds. The van der Waals surface area contributed by atoms with Crippen LogP contribution in [0.25, 0.3) is 0 Å². The van der Waals surface area contributed by atoms with Gasteiger partial charge in [-0.1, -0.05) is 18.2 Å². The summed E-state index contributed by atoms with van der Waals surface area (Å²) in [6.07, 6.45) is 0. The lowest BCUT2D eigenvalue weighted by molar-refractivity contribution is -0.122. The molecule has 1 aromatic carbocycles. The van der Waals surface area contributed by atoms with E-state index in [1.54, 1.807) is 23.5 Å². The van der Waals surface area contributed by atoms with Gasteiger partial charge in [-0.2, -0.15) is 0 Å². The molecule has 1 aliphatic rings. The molecule has 1 aliphatic heterocycles. The second kappa shape index (κ2) is 10.7. The highest BCUT2D eigenvalue weighted by molar-refractivity contribution is 7.10. The summed E-state index contributed by atoms with van der Waals surface area (Å²) < 4.78 is 13.2. The standard InChI is InChI=1S/C17H20FN3OS.2ClH/c18-14-5-3-13(4-6-14)17(15-2-1-11-23-15)20-16(22)12-21-9-7-19-8-10-21;;/h1-6,11,17,19H,7-10,12H2,(H,20,22);2*1H. The fourth-order valence-electron chi connectivity index (χ4n) is 2.71. The van der Waals surface area contributed by atoms with E-state index in [-0.39, 0.29) is 42.6 Å². The van der Waals surface area contributed by atoms with E-state index < -0.39 is 0 Å². The third kappa shape index (κ3) is 6.24. The minimum Gasteiger partial charge on any atom is -0.343 e. The van der Waals surface area contributed by atoms with Crippen molar-refractivity contribution < 1.29 is 9.18 Å². The minimum atomic E-state index is -0.272. The van der Waals surface area contributed by atoms with Gasteiger partial charge in [-0.05, 0) is 29.1 Å². The molecule has 2 heterocycles. The quantitative estimate of drug-likeness (QED) is 0.803. The first-order valence-electron chi connectivity index (χ1n) is 7.74. The van der Waals surface area contributed by atoms with Gasteiger partial charge in [0, 0.05) is 31.1 Å². The molecule has 0 radical (unpaired) electrons. The van der Waals surface area contributed by atoms with Gasteiger partial charge in [0.2, 0.25) is 5.91 Å². The minimum absolute atomic E-state index is 0. The summed E-state index contributed by atoms with van der Waals surface area (Å²) in [5.74, 6) is -0.277. The third-order valence-corrected chi connectivity index (χ3v) is 4.85. The van der Waals surface area contributed by atoms with Gasteiger partial charge in [-0.3, -0.25) is 9.69 Å². The fraction of sp³-hybridized carbons (Fsp3) is 0.353. The number of nitrogens with zero attached hydrogens (tertiary/aromatic N) is 1. The Balaban J connectivity index is 0.00000156. The van der Waals surface area contributed by atoms with Crippen LogP contribution in [-0.4, -0.2) is 43.5 Å². The molecule has 1 aromatic heterocycles. The average molecular weight is 406 g/mol. The summed E-state index contributed by atoms with van der Waals surface area (Å²) in [6.45, 7) is 3.99. The Morgan fingerprint density at radius 1 is 1.20 bits per heavy atom. The van der Waals surface area contributed by atoms with E-state index >= 15 is 0 Å². The summed E-state index contributed by atoms with van der Waals surface area (Å²) in [5, 5.41) is 8.34. The van der Waals surface area contributed by atoms with Crippen LogP contribution in [0.1, 0.15) is 16.5 Å². The molecule has 3 rings (SSSR count). The van der Waals surface area contributed by atoms with E-state index in [4.69, 9.17) is 0 Å². The van der Waals surface area contributed by atoms with Gasteiger partial charge in [0.05, 0.1) is 12.6 Å². The molecular formula is C17H22Cl2FN3OS. The van der Waals surface area contributed by atoms with Crippen LogP contribution in [0.3, 0.4) is 0 Å². The molecule has 1 unspecified atom stereocenters. The van der Waals surface area contributed by atoms with Gasteiger partial charge in [0.1, 0.15) is 5.82 Å². The van der Waals surface area contributed by atoms with E-state index in [0.717, 1.165) is 36.6 Å². The number of carbonyl (C=O) groups excluding carboxylic acids is 1. The Kier molecular flexibility index (Phi) is 9.38. The van der Waals surface area contributed by atoms with E-state index in [1.807, 2.05) is 17.5 Å². The highest BCUT2D eigenvalue weighted by Gasteiger charge is 2.20. The summed E-state index contributed by atoms with van der Waals surface area (Å²) in [7, 11) is 0. The molecule has 1 fully saturated rings. The molecular weight excluding hydrogens is 384 g/mol. The van der Waals surface area contributed by atoms with Crippen LogP contribution >= 0.6 is 36.2 Å². The molecule has 0 saturated carbocycles. The van der Waals surface area contributed by atoms with E-state index in [9.17, 15) is 9.18 Å². The zero-order valence-corrected chi connectivity index (χ0v) is 16.1. The second-order valence-corrected chi connectivity index (χ2v) is 6.57. The predicted octanol–water partition coefficient (Wildman–Crippen LogP) is 2.84. The third-order valence-electron chi connectivity index (χ3n) is 3.91. The number of benzene rings is 1. The second-order valence-electron chi connectivity index (χ2n) is 5.59. The van der Waals surface area contributed by atoms with Crippen molar-refractivity contribution >= 4 is 42.1 Å². The van der Waals surface area contributed by atoms with E-state index in [0.29, 0.717) is 6.54 Å². The molecule has 8 heteroatoms. The van der Waals surface area contributed by atoms with Crippen molar-refractivity contribution in [1.82, 2.24) is 15.5 Å². The highest BCUT2D eigenvalue weighted by Crippen LogP contribution is 2.26. The van der Waals surface area contributed by atoms with Gasteiger partial charge in [0.15, 0.2) is 0 Å². The van der Waals surface area contributed by atoms with Crippen molar-refractivity contribution in [3.63, 3.8) is 0 Å². The number of piperazine rings is 1. The highest BCUT2D eigenvalue weighted by atomic mass is 35.5. The summed E-state index contributed by atoms with van der Waals surface area (Å²) in [5.41, 5.74) is 0.891. The van der Waals surface area contributed by atoms with Crippen LogP contribution in [0.5, 0.6) is 0 Å². The molecule has 138 valence electrons. The Morgan fingerprint density at radius 2 is 1.88 bits per heavy atom. The number of rotatable bonds is 5. The number of hydrogen-bond acceptors (Lipinski definition) is 4. The molecule has 0 bridgehead atoms. The van der Waals surface area contributed by atoms with E-state index in [2.05, 4.69) is 15.5 Å². The lowest BCUT2D eigenvalue weighted by Crippen LogP contribution is -2.48. The Hall–Kier alpha value is -1.18. The van der Waals surface area contributed by atoms with E-state index in [1.165, 1.54) is 12.1 Å². The summed E-state index contributed by atoms with van der Waals surface area (Å²) >= 11 is 1.59. The van der Waals surface area contributed by atoms with Crippen molar-refractivity contribution in [3.8, 4) is 0 Å².